The van der Waals surface area contributed by atoms with Gasteiger partial charge in [-0.25, -0.2) is 9.59 Å². The largest absolute Gasteiger partial charge is 0.496 e. The number of methoxy groups -OCH3 is 2. The molecule has 2 heterocycles. The third-order valence-electron chi connectivity index (χ3n) is 4.55. The molecule has 4 atom stereocenters. The monoisotopic (exact) mass is 426 g/mol. The fourth-order valence-electron chi connectivity index (χ4n) is 3.03. The number of aliphatic hydroxyl groups excluding tert-OH is 2. The van der Waals surface area contributed by atoms with Crippen molar-refractivity contribution in [1.82, 2.24) is 9.55 Å². The minimum absolute atomic E-state index is 0.00557. The third kappa shape index (κ3) is 3.92. The number of hydrogen-bond acceptors (Lipinski definition) is 9. The van der Waals surface area contributed by atoms with Crippen LogP contribution < -0.4 is 20.7 Å². The highest BCUT2D eigenvalue weighted by molar-refractivity contribution is 5.95. The first-order valence-corrected chi connectivity index (χ1v) is 8.69. The molecule has 1 saturated heterocycles. The van der Waals surface area contributed by atoms with E-state index in [4.69, 9.17) is 18.9 Å². The number of aromatic nitrogens is 2. The minimum atomic E-state index is -1.66. The standard InChI is InChI=1S/C18H19FN2O9/c1-27-9-4-3-5-10(28-2)12(9)17(25)29-7-11-13(22)14(23)16(30-11)21-6-8(19)15(24)20-18(21)26/h3-6,11,13-14,16,22-23H,7H2,1-2H3,(H,20,24,26). The van der Waals surface area contributed by atoms with Crippen LogP contribution in [-0.4, -0.2) is 64.9 Å². The van der Waals surface area contributed by atoms with E-state index in [0.717, 1.165) is 0 Å². The number of aromatic amines is 1. The maximum Gasteiger partial charge on any atom is 0.345 e. The van der Waals surface area contributed by atoms with Gasteiger partial charge >= 0.3 is 11.7 Å². The predicted molar refractivity (Wildman–Crippen MR) is 97.0 cm³/mol. The summed E-state index contributed by atoms with van der Waals surface area (Å²) in [5.74, 6) is -1.73. The second kappa shape index (κ2) is 8.65. The number of ether oxygens (including phenoxy) is 4. The van der Waals surface area contributed by atoms with Crippen molar-refractivity contribution in [1.29, 1.82) is 0 Å². The number of esters is 1. The molecule has 1 aliphatic rings. The molecule has 0 amide bonds. The number of halogens is 1. The number of rotatable bonds is 6. The van der Waals surface area contributed by atoms with Gasteiger partial charge in [-0.1, -0.05) is 6.07 Å². The third-order valence-corrected chi connectivity index (χ3v) is 4.55. The summed E-state index contributed by atoms with van der Waals surface area (Å²) in [5.41, 5.74) is -2.28. The highest BCUT2D eigenvalue weighted by Gasteiger charge is 2.45. The van der Waals surface area contributed by atoms with Gasteiger partial charge in [0.05, 0.1) is 20.4 Å². The number of nitrogens with one attached hydrogen (secondary N) is 1. The van der Waals surface area contributed by atoms with Gasteiger partial charge in [0, 0.05) is 0 Å². The first kappa shape index (κ1) is 21.5. The van der Waals surface area contributed by atoms with Gasteiger partial charge in [-0.05, 0) is 12.1 Å². The first-order chi connectivity index (χ1) is 14.3. The van der Waals surface area contributed by atoms with Crippen LogP contribution in [0, 0.1) is 5.82 Å². The second-order valence-electron chi connectivity index (χ2n) is 6.33. The van der Waals surface area contributed by atoms with E-state index in [-0.39, 0.29) is 17.1 Å². The molecule has 2 aromatic rings. The molecule has 3 N–H and O–H groups in total. The van der Waals surface area contributed by atoms with E-state index in [9.17, 15) is 29.0 Å². The Morgan fingerprint density at radius 1 is 1.20 bits per heavy atom. The van der Waals surface area contributed by atoms with Crippen molar-refractivity contribution in [3.8, 4) is 11.5 Å². The van der Waals surface area contributed by atoms with Gasteiger partial charge in [0.25, 0.3) is 5.56 Å². The molecule has 1 aliphatic heterocycles. The highest BCUT2D eigenvalue weighted by atomic mass is 19.1. The van der Waals surface area contributed by atoms with Crippen LogP contribution in [0.3, 0.4) is 0 Å². The van der Waals surface area contributed by atoms with E-state index < -0.39 is 54.2 Å². The van der Waals surface area contributed by atoms with Gasteiger partial charge in [-0.3, -0.25) is 14.3 Å². The number of hydrogen-bond donors (Lipinski definition) is 3. The number of nitrogens with zero attached hydrogens (tertiary/aromatic N) is 1. The van der Waals surface area contributed by atoms with Crippen LogP contribution in [0.4, 0.5) is 4.39 Å². The van der Waals surface area contributed by atoms with E-state index in [2.05, 4.69) is 0 Å². The molecule has 12 heteroatoms. The van der Waals surface area contributed by atoms with Crippen molar-refractivity contribution in [2.24, 2.45) is 0 Å². The molecule has 11 nitrogen and oxygen atoms in total. The van der Waals surface area contributed by atoms with E-state index in [1.807, 2.05) is 0 Å². The Labute approximate surface area is 168 Å². The van der Waals surface area contributed by atoms with Gasteiger partial charge in [0.15, 0.2) is 6.23 Å². The summed E-state index contributed by atoms with van der Waals surface area (Å²) >= 11 is 0. The van der Waals surface area contributed by atoms with Crippen LogP contribution in [0.15, 0.2) is 34.0 Å². The Hall–Kier alpha value is -3.22. The van der Waals surface area contributed by atoms with Crippen molar-refractivity contribution < 1.29 is 38.3 Å². The van der Waals surface area contributed by atoms with E-state index in [0.29, 0.717) is 10.8 Å². The molecule has 0 saturated carbocycles. The fourth-order valence-corrected chi connectivity index (χ4v) is 3.03. The molecular weight excluding hydrogens is 407 g/mol. The molecule has 1 fully saturated rings. The minimum Gasteiger partial charge on any atom is -0.496 e. The Kier molecular flexibility index (Phi) is 6.20. The summed E-state index contributed by atoms with van der Waals surface area (Å²) in [6.45, 7) is -0.505. The zero-order valence-electron chi connectivity index (χ0n) is 15.9. The van der Waals surface area contributed by atoms with Gasteiger partial charge < -0.3 is 29.2 Å². The molecular formula is C18H19FN2O9. The number of carbonyl (C=O) groups excluding carboxylic acids is 1. The number of H-pyrrole nitrogens is 1. The number of benzene rings is 1. The summed E-state index contributed by atoms with van der Waals surface area (Å²) in [6.07, 6.45) is -5.42. The highest BCUT2D eigenvalue weighted by Crippen LogP contribution is 2.31. The van der Waals surface area contributed by atoms with Crippen LogP contribution in [0.25, 0.3) is 0 Å². The molecule has 1 aromatic carbocycles. The molecule has 4 unspecified atom stereocenters. The zero-order valence-corrected chi connectivity index (χ0v) is 15.9. The fraction of sp³-hybridized carbons (Fsp3) is 0.389. The summed E-state index contributed by atoms with van der Waals surface area (Å²) in [6, 6.07) is 4.66. The maximum atomic E-state index is 13.5. The molecule has 162 valence electrons. The Balaban J connectivity index is 1.76. The van der Waals surface area contributed by atoms with Crippen LogP contribution >= 0.6 is 0 Å². The van der Waals surface area contributed by atoms with Gasteiger partial charge in [0.1, 0.15) is 42.0 Å². The van der Waals surface area contributed by atoms with Gasteiger partial charge in [-0.2, -0.15) is 4.39 Å². The average molecular weight is 426 g/mol. The normalized spacial score (nSPS) is 23.2. The number of carbonyl (C=O) groups is 1. The van der Waals surface area contributed by atoms with Crippen molar-refractivity contribution in [2.75, 3.05) is 20.8 Å². The summed E-state index contributed by atoms with van der Waals surface area (Å²) in [7, 11) is 2.72. The second-order valence-corrected chi connectivity index (χ2v) is 6.33. The molecule has 1 aromatic heterocycles. The molecule has 0 radical (unpaired) electrons. The lowest BCUT2D eigenvalue weighted by Crippen LogP contribution is -2.38. The van der Waals surface area contributed by atoms with E-state index in [1.165, 1.54) is 26.4 Å². The van der Waals surface area contributed by atoms with Crippen LogP contribution in [-0.2, 0) is 9.47 Å². The lowest BCUT2D eigenvalue weighted by molar-refractivity contribution is -0.0603. The summed E-state index contributed by atoms with van der Waals surface area (Å²) < 4.78 is 34.9. The van der Waals surface area contributed by atoms with Crippen LogP contribution in [0.1, 0.15) is 16.6 Å². The molecule has 0 spiro atoms. The summed E-state index contributed by atoms with van der Waals surface area (Å²) in [4.78, 5) is 37.3. The van der Waals surface area contributed by atoms with Crippen LogP contribution in [0.5, 0.6) is 11.5 Å². The Bertz CT molecular complexity index is 1030. The van der Waals surface area contributed by atoms with Crippen molar-refractivity contribution in [2.45, 2.75) is 24.5 Å². The lowest BCUT2D eigenvalue weighted by Gasteiger charge is -2.17. The SMILES string of the molecule is COc1cccc(OC)c1C(=O)OCC1OC(n2cc(F)c(=O)[nH]c2=O)C(O)C1O. The molecule has 0 aliphatic carbocycles. The molecule has 3 rings (SSSR count). The molecule has 30 heavy (non-hydrogen) atoms. The van der Waals surface area contributed by atoms with Gasteiger partial charge in [0.2, 0.25) is 5.82 Å². The first-order valence-electron chi connectivity index (χ1n) is 8.69. The van der Waals surface area contributed by atoms with E-state index in [1.54, 1.807) is 11.1 Å². The van der Waals surface area contributed by atoms with Crippen LogP contribution in [0.2, 0.25) is 0 Å². The Morgan fingerprint density at radius 2 is 1.83 bits per heavy atom. The lowest BCUT2D eigenvalue weighted by atomic mass is 10.1. The smallest absolute Gasteiger partial charge is 0.345 e. The Morgan fingerprint density at radius 3 is 2.43 bits per heavy atom. The number of aliphatic hydroxyl groups is 2. The zero-order chi connectivity index (χ0) is 22.0. The maximum absolute atomic E-state index is 13.5. The average Bonchev–Trinajstić information content (AvgIpc) is 3.02. The van der Waals surface area contributed by atoms with Crippen molar-refractivity contribution in [3.05, 3.63) is 56.6 Å². The topological polar surface area (TPSA) is 149 Å². The predicted octanol–water partition coefficient (Wildman–Crippen LogP) is -0.831. The summed E-state index contributed by atoms with van der Waals surface area (Å²) in [5, 5.41) is 20.4. The van der Waals surface area contributed by atoms with E-state index >= 15 is 0 Å². The van der Waals surface area contributed by atoms with Crippen molar-refractivity contribution >= 4 is 5.97 Å². The quantitative estimate of drug-likeness (QED) is 0.503. The van der Waals surface area contributed by atoms with Gasteiger partial charge in [-0.15, -0.1) is 0 Å². The van der Waals surface area contributed by atoms with Crippen molar-refractivity contribution in [3.63, 3.8) is 0 Å². The molecule has 0 bridgehead atoms.